The summed E-state index contributed by atoms with van der Waals surface area (Å²) < 4.78 is 0. The highest BCUT2D eigenvalue weighted by Gasteiger charge is 2.29. The van der Waals surface area contributed by atoms with Crippen LogP contribution < -0.4 is 0 Å². The van der Waals surface area contributed by atoms with E-state index in [1.54, 1.807) is 0 Å². The lowest BCUT2D eigenvalue weighted by Gasteiger charge is -2.02. The van der Waals surface area contributed by atoms with E-state index in [9.17, 15) is 9.90 Å². The number of benzene rings is 2. The van der Waals surface area contributed by atoms with Crippen LogP contribution in [0, 0.1) is 0 Å². The van der Waals surface area contributed by atoms with Gasteiger partial charge in [-0.05, 0) is 16.3 Å². The van der Waals surface area contributed by atoms with Gasteiger partial charge in [0.25, 0.3) is 0 Å². The van der Waals surface area contributed by atoms with Gasteiger partial charge in [-0.25, -0.2) is 0 Å². The molecule has 0 radical (unpaired) electrons. The van der Waals surface area contributed by atoms with Gasteiger partial charge in [-0.1, -0.05) is 36.4 Å². The normalized spacial score (nSPS) is 19.5. The third-order valence-electron chi connectivity index (χ3n) is 2.98. The number of hydrogen-bond donors (Lipinski definition) is 1. The van der Waals surface area contributed by atoms with E-state index < -0.39 is 6.10 Å². The van der Waals surface area contributed by atoms with Gasteiger partial charge in [-0.3, -0.25) is 4.79 Å². The molecule has 0 spiro atoms. The summed E-state index contributed by atoms with van der Waals surface area (Å²) in [4.78, 5) is 11.8. The molecular weight excluding hydrogens is 188 g/mol. The molecule has 1 aliphatic carbocycles. The highest BCUT2D eigenvalue weighted by atomic mass is 16.3. The van der Waals surface area contributed by atoms with Gasteiger partial charge < -0.3 is 5.11 Å². The first-order valence-electron chi connectivity index (χ1n) is 5.00. The van der Waals surface area contributed by atoms with Crippen molar-refractivity contribution in [2.45, 2.75) is 12.5 Å². The summed E-state index contributed by atoms with van der Waals surface area (Å²) in [6.07, 6.45) is -0.385. The SMILES string of the molecule is O=C1c2c(ccc3ccccc23)C[C@@H]1O. The smallest absolute Gasteiger partial charge is 0.192 e. The van der Waals surface area contributed by atoms with Crippen molar-refractivity contribution >= 4 is 16.6 Å². The van der Waals surface area contributed by atoms with E-state index in [2.05, 4.69) is 0 Å². The van der Waals surface area contributed by atoms with Gasteiger partial charge in [0.2, 0.25) is 0 Å². The molecule has 0 bridgehead atoms. The van der Waals surface area contributed by atoms with E-state index in [0.717, 1.165) is 16.3 Å². The summed E-state index contributed by atoms with van der Waals surface area (Å²) in [5.74, 6) is -0.137. The van der Waals surface area contributed by atoms with Crippen LogP contribution in [-0.4, -0.2) is 17.0 Å². The molecule has 0 amide bonds. The number of hydrogen-bond acceptors (Lipinski definition) is 2. The Morgan fingerprint density at radius 3 is 2.80 bits per heavy atom. The number of carbonyl (C=O) groups excluding carboxylic acids is 1. The van der Waals surface area contributed by atoms with Crippen molar-refractivity contribution in [2.75, 3.05) is 0 Å². The second kappa shape index (κ2) is 2.91. The fraction of sp³-hybridized carbons (Fsp3) is 0.154. The molecule has 1 N–H and O–H groups in total. The number of rotatable bonds is 0. The van der Waals surface area contributed by atoms with Crippen LogP contribution in [0.15, 0.2) is 36.4 Å². The van der Waals surface area contributed by atoms with E-state index in [1.807, 2.05) is 36.4 Å². The molecular formula is C13H10O2. The van der Waals surface area contributed by atoms with Gasteiger partial charge in [0.05, 0.1) is 0 Å². The maximum Gasteiger partial charge on any atom is 0.192 e. The topological polar surface area (TPSA) is 37.3 Å². The van der Waals surface area contributed by atoms with Crippen molar-refractivity contribution in [3.8, 4) is 0 Å². The van der Waals surface area contributed by atoms with Gasteiger partial charge in [0.15, 0.2) is 5.78 Å². The minimum absolute atomic E-state index is 0.137. The molecule has 2 aromatic carbocycles. The fourth-order valence-corrected chi connectivity index (χ4v) is 2.25. The first-order valence-corrected chi connectivity index (χ1v) is 5.00. The molecule has 1 aliphatic rings. The van der Waals surface area contributed by atoms with E-state index in [0.29, 0.717) is 12.0 Å². The molecule has 0 saturated carbocycles. The molecule has 0 aromatic heterocycles. The highest BCUT2D eigenvalue weighted by Crippen LogP contribution is 2.29. The van der Waals surface area contributed by atoms with Gasteiger partial charge in [0.1, 0.15) is 6.10 Å². The average molecular weight is 198 g/mol. The van der Waals surface area contributed by atoms with Gasteiger partial charge >= 0.3 is 0 Å². The van der Waals surface area contributed by atoms with Crippen LogP contribution in [0.4, 0.5) is 0 Å². The standard InChI is InChI=1S/C13H10O2/c14-11-7-9-6-5-8-3-1-2-4-10(8)12(9)13(11)15/h1-6,11,14H,7H2/t11-/m0/s1. The Bertz CT molecular complexity index is 557. The second-order valence-corrected chi connectivity index (χ2v) is 3.90. The van der Waals surface area contributed by atoms with Crippen molar-refractivity contribution in [1.82, 2.24) is 0 Å². The molecule has 2 heteroatoms. The Balaban J connectivity index is 2.41. The molecule has 1 atom stereocenters. The van der Waals surface area contributed by atoms with E-state index >= 15 is 0 Å². The van der Waals surface area contributed by atoms with Crippen LogP contribution in [0.5, 0.6) is 0 Å². The molecule has 0 heterocycles. The molecule has 74 valence electrons. The summed E-state index contributed by atoms with van der Waals surface area (Å²) in [7, 11) is 0. The number of aliphatic hydroxyl groups excluding tert-OH is 1. The quantitative estimate of drug-likeness (QED) is 0.702. The summed E-state index contributed by atoms with van der Waals surface area (Å²) in [6, 6.07) is 11.7. The highest BCUT2D eigenvalue weighted by molar-refractivity contribution is 6.13. The van der Waals surface area contributed by atoms with Gasteiger partial charge in [-0.15, -0.1) is 0 Å². The number of fused-ring (bicyclic) bond motifs is 3. The maximum absolute atomic E-state index is 11.8. The lowest BCUT2D eigenvalue weighted by Crippen LogP contribution is -2.14. The molecule has 2 nitrogen and oxygen atoms in total. The van der Waals surface area contributed by atoms with E-state index in [-0.39, 0.29) is 5.78 Å². The van der Waals surface area contributed by atoms with Crippen LogP contribution in [0.25, 0.3) is 10.8 Å². The number of carbonyl (C=O) groups is 1. The number of Topliss-reactive ketones (excluding diaryl/α,β-unsaturated/α-hetero) is 1. The Kier molecular flexibility index (Phi) is 1.67. The summed E-state index contributed by atoms with van der Waals surface area (Å²) in [5.41, 5.74) is 1.67. The fourth-order valence-electron chi connectivity index (χ4n) is 2.25. The largest absolute Gasteiger partial charge is 0.385 e. The van der Waals surface area contributed by atoms with E-state index in [4.69, 9.17) is 0 Å². The zero-order chi connectivity index (χ0) is 10.4. The van der Waals surface area contributed by atoms with Crippen LogP contribution >= 0.6 is 0 Å². The van der Waals surface area contributed by atoms with Crippen LogP contribution in [0.1, 0.15) is 15.9 Å². The molecule has 3 rings (SSSR count). The van der Waals surface area contributed by atoms with Crippen molar-refractivity contribution in [1.29, 1.82) is 0 Å². The molecule has 0 saturated heterocycles. The van der Waals surface area contributed by atoms with Crippen molar-refractivity contribution in [3.05, 3.63) is 47.5 Å². The van der Waals surface area contributed by atoms with E-state index in [1.165, 1.54) is 0 Å². The average Bonchev–Trinajstić information content (AvgIpc) is 2.55. The Hall–Kier alpha value is -1.67. The molecule has 0 fully saturated rings. The summed E-state index contributed by atoms with van der Waals surface area (Å²) in [5, 5.41) is 11.5. The minimum Gasteiger partial charge on any atom is -0.385 e. The Labute approximate surface area is 87.2 Å². The number of aliphatic hydroxyl groups is 1. The third-order valence-corrected chi connectivity index (χ3v) is 2.98. The van der Waals surface area contributed by atoms with Crippen molar-refractivity contribution < 1.29 is 9.90 Å². The van der Waals surface area contributed by atoms with Crippen molar-refractivity contribution in [2.24, 2.45) is 0 Å². The van der Waals surface area contributed by atoms with Crippen LogP contribution in [0.3, 0.4) is 0 Å². The summed E-state index contributed by atoms with van der Waals surface area (Å²) >= 11 is 0. The van der Waals surface area contributed by atoms with Gasteiger partial charge in [-0.2, -0.15) is 0 Å². The van der Waals surface area contributed by atoms with Crippen molar-refractivity contribution in [3.63, 3.8) is 0 Å². The molecule has 15 heavy (non-hydrogen) atoms. The monoisotopic (exact) mass is 198 g/mol. The maximum atomic E-state index is 11.8. The lowest BCUT2D eigenvalue weighted by molar-refractivity contribution is 0.0781. The Morgan fingerprint density at radius 1 is 1.13 bits per heavy atom. The first-order chi connectivity index (χ1) is 7.27. The number of ketones is 1. The second-order valence-electron chi connectivity index (χ2n) is 3.90. The summed E-state index contributed by atoms with van der Waals surface area (Å²) in [6.45, 7) is 0. The molecule has 2 aromatic rings. The van der Waals surface area contributed by atoms with Crippen LogP contribution in [-0.2, 0) is 6.42 Å². The molecule has 0 aliphatic heterocycles. The first kappa shape index (κ1) is 8.62. The molecule has 0 unspecified atom stereocenters. The Morgan fingerprint density at radius 2 is 1.93 bits per heavy atom. The third kappa shape index (κ3) is 1.12. The predicted octanol–water partition coefficient (Wildman–Crippen LogP) is 1.94. The van der Waals surface area contributed by atoms with Gasteiger partial charge in [0, 0.05) is 12.0 Å². The zero-order valence-electron chi connectivity index (χ0n) is 8.10. The lowest BCUT2D eigenvalue weighted by atomic mass is 10.0. The zero-order valence-corrected chi connectivity index (χ0v) is 8.10. The minimum atomic E-state index is -0.842. The van der Waals surface area contributed by atoms with Crippen LogP contribution in [0.2, 0.25) is 0 Å². The predicted molar refractivity (Wildman–Crippen MR) is 58.0 cm³/mol.